The fourth-order valence-electron chi connectivity index (χ4n) is 3.18. The maximum absolute atomic E-state index is 12.9. The lowest BCUT2D eigenvalue weighted by Gasteiger charge is -2.34. The van der Waals surface area contributed by atoms with Crippen molar-refractivity contribution in [2.75, 3.05) is 37.6 Å². The summed E-state index contributed by atoms with van der Waals surface area (Å²) >= 11 is 0. The Balaban J connectivity index is 1.70. The topological polar surface area (TPSA) is 69.6 Å². The Bertz CT molecular complexity index is 788. The maximum Gasteiger partial charge on any atom is 0.272 e. The van der Waals surface area contributed by atoms with Crippen LogP contribution in [0.4, 0.5) is 5.82 Å². The van der Waals surface area contributed by atoms with Gasteiger partial charge in [0.15, 0.2) is 0 Å². The molecule has 1 aromatic heterocycles. The van der Waals surface area contributed by atoms with Gasteiger partial charge in [0.1, 0.15) is 17.8 Å². The fourth-order valence-corrected chi connectivity index (χ4v) is 3.18. The van der Waals surface area contributed by atoms with E-state index in [1.165, 1.54) is 6.33 Å². The molecule has 2 aromatic rings. The van der Waals surface area contributed by atoms with E-state index in [1.807, 2.05) is 42.2 Å². The number of rotatable bonds is 5. The van der Waals surface area contributed by atoms with Crippen LogP contribution in [0.25, 0.3) is 0 Å². The van der Waals surface area contributed by atoms with Crippen LogP contribution in [0, 0.1) is 0 Å². The second-order valence-electron chi connectivity index (χ2n) is 6.56. The van der Waals surface area contributed by atoms with Gasteiger partial charge < -0.3 is 14.7 Å². The van der Waals surface area contributed by atoms with E-state index in [-0.39, 0.29) is 11.8 Å². The SMILES string of the molecule is CCN(Cc1ccccc1)C(=O)c1cc(N2CCN(C(C)=O)CC2)ncn1. The molecule has 1 fully saturated rings. The molecule has 0 saturated carbocycles. The maximum atomic E-state index is 12.9. The van der Waals surface area contributed by atoms with Crippen LogP contribution in [0.1, 0.15) is 29.9 Å². The van der Waals surface area contributed by atoms with Crippen molar-refractivity contribution in [3.8, 4) is 0 Å². The zero-order chi connectivity index (χ0) is 19.2. The highest BCUT2D eigenvalue weighted by molar-refractivity contribution is 5.92. The van der Waals surface area contributed by atoms with Gasteiger partial charge >= 0.3 is 0 Å². The van der Waals surface area contributed by atoms with Crippen LogP contribution in [0.5, 0.6) is 0 Å². The fraction of sp³-hybridized carbons (Fsp3) is 0.400. The number of anilines is 1. The van der Waals surface area contributed by atoms with Gasteiger partial charge in [-0.3, -0.25) is 9.59 Å². The molecule has 2 amide bonds. The van der Waals surface area contributed by atoms with E-state index in [9.17, 15) is 9.59 Å². The smallest absolute Gasteiger partial charge is 0.272 e. The minimum Gasteiger partial charge on any atom is -0.353 e. The van der Waals surface area contributed by atoms with Crippen LogP contribution in [0.2, 0.25) is 0 Å². The standard InChI is InChI=1S/C20H25N5O2/c1-3-23(14-17-7-5-4-6-8-17)20(27)18-13-19(22-15-21-18)25-11-9-24(10-12-25)16(2)26/h4-8,13,15H,3,9-12,14H2,1-2H3. The van der Waals surface area contributed by atoms with Gasteiger partial charge in [-0.2, -0.15) is 0 Å². The van der Waals surface area contributed by atoms with Gasteiger partial charge in [0.2, 0.25) is 5.91 Å². The van der Waals surface area contributed by atoms with Crippen molar-refractivity contribution in [3.05, 3.63) is 54.0 Å². The van der Waals surface area contributed by atoms with E-state index in [0.717, 1.165) is 11.4 Å². The second kappa shape index (κ2) is 8.62. The molecule has 0 unspecified atom stereocenters. The average molecular weight is 367 g/mol. The van der Waals surface area contributed by atoms with Crippen LogP contribution in [-0.2, 0) is 11.3 Å². The van der Waals surface area contributed by atoms with Crippen molar-refractivity contribution in [3.63, 3.8) is 0 Å². The van der Waals surface area contributed by atoms with E-state index in [4.69, 9.17) is 0 Å². The lowest BCUT2D eigenvalue weighted by Crippen LogP contribution is -2.48. The normalized spacial score (nSPS) is 14.1. The largest absolute Gasteiger partial charge is 0.353 e. The highest BCUT2D eigenvalue weighted by atomic mass is 16.2. The summed E-state index contributed by atoms with van der Waals surface area (Å²) in [5, 5.41) is 0. The number of carbonyl (C=O) groups excluding carboxylic acids is 2. The summed E-state index contributed by atoms with van der Waals surface area (Å²) in [6, 6.07) is 11.7. The molecule has 0 N–H and O–H groups in total. The molecule has 1 aliphatic heterocycles. The van der Waals surface area contributed by atoms with E-state index in [1.54, 1.807) is 17.9 Å². The summed E-state index contributed by atoms with van der Waals surface area (Å²) in [5.41, 5.74) is 1.48. The summed E-state index contributed by atoms with van der Waals surface area (Å²) in [4.78, 5) is 38.6. The third kappa shape index (κ3) is 4.61. The van der Waals surface area contributed by atoms with Crippen LogP contribution >= 0.6 is 0 Å². The third-order valence-electron chi connectivity index (χ3n) is 4.81. The number of benzene rings is 1. The molecule has 0 aliphatic carbocycles. The molecule has 0 radical (unpaired) electrons. The Kier molecular flexibility index (Phi) is 6.01. The molecular weight excluding hydrogens is 342 g/mol. The molecule has 0 atom stereocenters. The quantitative estimate of drug-likeness (QED) is 0.806. The highest BCUT2D eigenvalue weighted by Crippen LogP contribution is 2.16. The molecule has 0 bridgehead atoms. The number of hydrogen-bond acceptors (Lipinski definition) is 5. The lowest BCUT2D eigenvalue weighted by atomic mass is 10.2. The summed E-state index contributed by atoms with van der Waals surface area (Å²) in [6.45, 7) is 7.43. The number of piperazine rings is 1. The summed E-state index contributed by atoms with van der Waals surface area (Å²) in [6.07, 6.45) is 1.44. The summed E-state index contributed by atoms with van der Waals surface area (Å²) in [5.74, 6) is 0.715. The molecule has 3 rings (SSSR count). The number of nitrogens with zero attached hydrogens (tertiary/aromatic N) is 5. The lowest BCUT2D eigenvalue weighted by molar-refractivity contribution is -0.129. The predicted octanol–water partition coefficient (Wildman–Crippen LogP) is 1.81. The third-order valence-corrected chi connectivity index (χ3v) is 4.81. The van der Waals surface area contributed by atoms with Crippen LogP contribution < -0.4 is 4.90 Å². The Hall–Kier alpha value is -2.96. The summed E-state index contributed by atoms with van der Waals surface area (Å²) in [7, 11) is 0. The van der Waals surface area contributed by atoms with E-state index in [0.29, 0.717) is 45.0 Å². The average Bonchev–Trinajstić information content (AvgIpc) is 2.72. The van der Waals surface area contributed by atoms with Crippen molar-refractivity contribution < 1.29 is 9.59 Å². The van der Waals surface area contributed by atoms with Crippen LogP contribution in [-0.4, -0.2) is 64.3 Å². The molecular formula is C20H25N5O2. The molecule has 2 heterocycles. The number of aromatic nitrogens is 2. The first-order valence-electron chi connectivity index (χ1n) is 9.24. The van der Waals surface area contributed by atoms with Gasteiger partial charge in [0.05, 0.1) is 0 Å². The Labute approximate surface area is 159 Å². The van der Waals surface area contributed by atoms with Crippen molar-refractivity contribution in [1.82, 2.24) is 19.8 Å². The minimum atomic E-state index is -0.104. The number of amides is 2. The molecule has 7 nitrogen and oxygen atoms in total. The predicted molar refractivity (Wildman–Crippen MR) is 103 cm³/mol. The van der Waals surface area contributed by atoms with E-state index < -0.39 is 0 Å². The minimum absolute atomic E-state index is 0.0905. The monoisotopic (exact) mass is 367 g/mol. The molecule has 1 aliphatic rings. The Morgan fingerprint density at radius 2 is 1.78 bits per heavy atom. The molecule has 1 saturated heterocycles. The molecule has 27 heavy (non-hydrogen) atoms. The van der Waals surface area contributed by atoms with E-state index >= 15 is 0 Å². The first-order chi connectivity index (χ1) is 13.1. The first kappa shape index (κ1) is 18.8. The molecule has 0 spiro atoms. The van der Waals surface area contributed by atoms with Crippen molar-refractivity contribution >= 4 is 17.6 Å². The first-order valence-corrected chi connectivity index (χ1v) is 9.24. The Morgan fingerprint density at radius 1 is 1.07 bits per heavy atom. The molecule has 7 heteroatoms. The zero-order valence-electron chi connectivity index (χ0n) is 15.8. The molecule has 142 valence electrons. The van der Waals surface area contributed by atoms with Crippen LogP contribution in [0.3, 0.4) is 0 Å². The van der Waals surface area contributed by atoms with Gasteiger partial charge in [-0.1, -0.05) is 30.3 Å². The Morgan fingerprint density at radius 3 is 2.41 bits per heavy atom. The highest BCUT2D eigenvalue weighted by Gasteiger charge is 2.22. The second-order valence-corrected chi connectivity index (χ2v) is 6.56. The van der Waals surface area contributed by atoms with Gasteiger partial charge in [-0.05, 0) is 12.5 Å². The molecule has 1 aromatic carbocycles. The van der Waals surface area contributed by atoms with Crippen LogP contribution in [0.15, 0.2) is 42.7 Å². The van der Waals surface area contributed by atoms with Gasteiger partial charge in [-0.15, -0.1) is 0 Å². The van der Waals surface area contributed by atoms with Crippen molar-refractivity contribution in [1.29, 1.82) is 0 Å². The van der Waals surface area contributed by atoms with Gasteiger partial charge in [-0.25, -0.2) is 9.97 Å². The number of carbonyl (C=O) groups is 2. The number of hydrogen-bond donors (Lipinski definition) is 0. The van der Waals surface area contributed by atoms with Gasteiger partial charge in [0, 0.05) is 52.3 Å². The van der Waals surface area contributed by atoms with Crippen molar-refractivity contribution in [2.45, 2.75) is 20.4 Å². The van der Waals surface area contributed by atoms with E-state index in [2.05, 4.69) is 14.9 Å². The van der Waals surface area contributed by atoms with Crippen molar-refractivity contribution in [2.24, 2.45) is 0 Å². The van der Waals surface area contributed by atoms with Gasteiger partial charge in [0.25, 0.3) is 5.91 Å². The zero-order valence-corrected chi connectivity index (χ0v) is 15.8. The summed E-state index contributed by atoms with van der Waals surface area (Å²) < 4.78 is 0.